The number of hydrogen-bond acceptors (Lipinski definition) is 3. The Bertz CT molecular complexity index is 610. The van der Waals surface area contributed by atoms with Gasteiger partial charge in [-0.1, -0.05) is 33.6 Å². The van der Waals surface area contributed by atoms with Crippen molar-refractivity contribution in [2.24, 2.45) is 0 Å². The van der Waals surface area contributed by atoms with E-state index >= 15 is 0 Å². The molecule has 2 nitrogen and oxygen atoms in total. The highest BCUT2D eigenvalue weighted by Gasteiger charge is 2.29. The third-order valence-electron chi connectivity index (χ3n) is 3.02. The Morgan fingerprint density at radius 1 is 1.32 bits per heavy atom. The molecule has 19 heavy (non-hydrogen) atoms. The largest absolute Gasteiger partial charge is 0.484 e. The summed E-state index contributed by atoms with van der Waals surface area (Å²) in [5.74, 6) is 0.721. The van der Waals surface area contributed by atoms with Crippen molar-refractivity contribution in [1.29, 1.82) is 0 Å². The second-order valence-electron chi connectivity index (χ2n) is 4.31. The van der Waals surface area contributed by atoms with E-state index in [9.17, 15) is 5.11 Å². The highest BCUT2D eigenvalue weighted by Crippen LogP contribution is 2.45. The molecule has 2 heterocycles. The summed E-state index contributed by atoms with van der Waals surface area (Å²) in [6.45, 7) is 0. The zero-order valence-electron chi connectivity index (χ0n) is 9.57. The first-order valence-electron chi connectivity index (χ1n) is 5.63. The van der Waals surface area contributed by atoms with E-state index in [4.69, 9.17) is 16.3 Å². The fraction of sp³-hybridized carbons (Fsp3) is 0.231. The van der Waals surface area contributed by atoms with Gasteiger partial charge < -0.3 is 9.84 Å². The van der Waals surface area contributed by atoms with Crippen LogP contribution in [0.2, 0.25) is 4.34 Å². The van der Waals surface area contributed by atoms with Crippen molar-refractivity contribution in [3.63, 3.8) is 0 Å². The lowest BCUT2D eigenvalue weighted by Gasteiger charge is -2.29. The summed E-state index contributed by atoms with van der Waals surface area (Å²) in [6.07, 6.45) is -0.134. The molecule has 6 heteroatoms. The number of benzene rings is 1. The third-order valence-corrected chi connectivity index (χ3v) is 6.08. The Labute approximate surface area is 136 Å². The van der Waals surface area contributed by atoms with Crippen LogP contribution < -0.4 is 4.74 Å². The van der Waals surface area contributed by atoms with Gasteiger partial charge >= 0.3 is 0 Å². The van der Waals surface area contributed by atoms with Crippen molar-refractivity contribution in [2.45, 2.75) is 18.6 Å². The molecule has 0 aliphatic carbocycles. The van der Waals surface area contributed by atoms with E-state index in [2.05, 4.69) is 31.9 Å². The molecule has 0 amide bonds. The van der Waals surface area contributed by atoms with Gasteiger partial charge in [-0.3, -0.25) is 0 Å². The smallest absolute Gasteiger partial charge is 0.136 e. The molecule has 1 aliphatic heterocycles. The Hall–Kier alpha value is -0.0700. The first kappa shape index (κ1) is 13.9. The van der Waals surface area contributed by atoms with Gasteiger partial charge in [-0.05, 0) is 34.1 Å². The van der Waals surface area contributed by atoms with Crippen molar-refractivity contribution in [3.05, 3.63) is 48.0 Å². The first-order chi connectivity index (χ1) is 9.04. The monoisotopic (exact) mass is 422 g/mol. The average Bonchev–Trinajstić information content (AvgIpc) is 2.69. The van der Waals surface area contributed by atoms with Crippen LogP contribution in [-0.2, 0) is 0 Å². The molecule has 100 valence electrons. The van der Waals surface area contributed by atoms with Crippen LogP contribution in [0.3, 0.4) is 0 Å². The standard InChI is InChI=1S/C13H9Br2ClO2S/c14-6-1-2-7-9(17)5-11(18-10(7)3-6)12-4-8(15)13(16)19-12/h1-4,9,11,17H,5H2/t9-,11?/m1/s1. The van der Waals surface area contributed by atoms with Crippen molar-refractivity contribution in [1.82, 2.24) is 0 Å². The molecule has 0 radical (unpaired) electrons. The minimum atomic E-state index is -0.512. The number of ether oxygens (including phenoxy) is 1. The normalized spacial score (nSPS) is 21.9. The lowest BCUT2D eigenvalue weighted by molar-refractivity contribution is 0.0673. The molecule has 1 aliphatic rings. The summed E-state index contributed by atoms with van der Waals surface area (Å²) >= 11 is 14.3. The predicted octanol–water partition coefficient (Wildman–Crippen LogP) is 5.48. The minimum Gasteiger partial charge on any atom is -0.484 e. The SMILES string of the molecule is O[C@@H]1CC(c2cc(Br)c(Cl)s2)Oc2cc(Br)ccc21. The molecule has 1 aromatic carbocycles. The Kier molecular flexibility index (Phi) is 3.93. The van der Waals surface area contributed by atoms with Crippen LogP contribution in [0.15, 0.2) is 33.2 Å². The van der Waals surface area contributed by atoms with Crippen molar-refractivity contribution < 1.29 is 9.84 Å². The maximum atomic E-state index is 10.2. The minimum absolute atomic E-state index is 0.161. The Morgan fingerprint density at radius 2 is 2.11 bits per heavy atom. The fourth-order valence-electron chi connectivity index (χ4n) is 2.11. The van der Waals surface area contributed by atoms with Gasteiger partial charge in [-0.15, -0.1) is 11.3 Å². The molecule has 1 aromatic heterocycles. The van der Waals surface area contributed by atoms with E-state index in [0.717, 1.165) is 25.1 Å². The second kappa shape index (κ2) is 5.37. The maximum Gasteiger partial charge on any atom is 0.136 e. The van der Waals surface area contributed by atoms with E-state index in [1.165, 1.54) is 11.3 Å². The molecule has 0 bridgehead atoms. The summed E-state index contributed by atoms with van der Waals surface area (Å²) in [5.41, 5.74) is 0.834. The van der Waals surface area contributed by atoms with Crippen molar-refractivity contribution in [2.75, 3.05) is 0 Å². The van der Waals surface area contributed by atoms with Gasteiger partial charge in [0.15, 0.2) is 0 Å². The molecule has 1 N–H and O–H groups in total. The van der Waals surface area contributed by atoms with Crippen LogP contribution >= 0.6 is 54.8 Å². The van der Waals surface area contributed by atoms with Crippen LogP contribution in [0.1, 0.15) is 29.1 Å². The maximum absolute atomic E-state index is 10.2. The zero-order chi connectivity index (χ0) is 13.6. The topological polar surface area (TPSA) is 29.5 Å². The number of aliphatic hydroxyl groups excluding tert-OH is 1. The number of halogens is 3. The van der Waals surface area contributed by atoms with Crippen LogP contribution in [0, 0.1) is 0 Å². The first-order valence-corrected chi connectivity index (χ1v) is 8.41. The summed E-state index contributed by atoms with van der Waals surface area (Å²) < 4.78 is 8.48. The second-order valence-corrected chi connectivity index (χ2v) is 7.77. The molecule has 0 saturated carbocycles. The molecule has 2 aromatic rings. The van der Waals surface area contributed by atoms with Crippen LogP contribution in [-0.4, -0.2) is 5.11 Å². The van der Waals surface area contributed by atoms with Crippen molar-refractivity contribution >= 4 is 54.8 Å². The molecule has 0 saturated heterocycles. The Morgan fingerprint density at radius 3 is 2.79 bits per heavy atom. The van der Waals surface area contributed by atoms with Gasteiger partial charge in [0, 0.05) is 25.8 Å². The summed E-state index contributed by atoms with van der Waals surface area (Å²) in [7, 11) is 0. The van der Waals surface area contributed by atoms with Crippen LogP contribution in [0.25, 0.3) is 0 Å². The molecule has 3 rings (SSSR count). The average molecular weight is 425 g/mol. The fourth-order valence-corrected chi connectivity index (χ4v) is 4.23. The lowest BCUT2D eigenvalue weighted by atomic mass is 9.98. The molecule has 0 spiro atoms. The summed E-state index contributed by atoms with van der Waals surface area (Å²) in [4.78, 5) is 1.02. The van der Waals surface area contributed by atoms with E-state index < -0.39 is 6.10 Å². The third kappa shape index (κ3) is 2.72. The molecular formula is C13H9Br2ClO2S. The number of thiophene rings is 1. The highest BCUT2D eigenvalue weighted by molar-refractivity contribution is 9.10. The highest BCUT2D eigenvalue weighted by atomic mass is 79.9. The number of aliphatic hydroxyl groups is 1. The van der Waals surface area contributed by atoms with Gasteiger partial charge in [0.05, 0.1) is 6.10 Å². The lowest BCUT2D eigenvalue weighted by Crippen LogP contribution is -2.18. The van der Waals surface area contributed by atoms with Gasteiger partial charge in [0.25, 0.3) is 0 Å². The van der Waals surface area contributed by atoms with Gasteiger partial charge in [-0.2, -0.15) is 0 Å². The van der Waals surface area contributed by atoms with Crippen LogP contribution in [0.4, 0.5) is 0 Å². The number of rotatable bonds is 1. The van der Waals surface area contributed by atoms with E-state index in [1.807, 2.05) is 24.3 Å². The molecule has 2 atom stereocenters. The van der Waals surface area contributed by atoms with E-state index in [0.29, 0.717) is 10.8 Å². The Balaban J connectivity index is 1.96. The quantitative estimate of drug-likeness (QED) is 0.657. The van der Waals surface area contributed by atoms with Crippen molar-refractivity contribution in [3.8, 4) is 5.75 Å². The number of fused-ring (bicyclic) bond motifs is 1. The predicted molar refractivity (Wildman–Crippen MR) is 84.1 cm³/mol. The van der Waals surface area contributed by atoms with E-state index in [-0.39, 0.29) is 6.10 Å². The van der Waals surface area contributed by atoms with Gasteiger partial charge in [-0.25, -0.2) is 0 Å². The number of hydrogen-bond donors (Lipinski definition) is 1. The molecule has 0 fully saturated rings. The zero-order valence-corrected chi connectivity index (χ0v) is 14.3. The molecular weight excluding hydrogens is 415 g/mol. The summed E-state index contributed by atoms with van der Waals surface area (Å²) in [6, 6.07) is 7.63. The van der Waals surface area contributed by atoms with Gasteiger partial charge in [0.2, 0.25) is 0 Å². The van der Waals surface area contributed by atoms with Crippen LogP contribution in [0.5, 0.6) is 5.75 Å². The van der Waals surface area contributed by atoms with E-state index in [1.54, 1.807) is 0 Å². The van der Waals surface area contributed by atoms with Gasteiger partial charge in [0.1, 0.15) is 16.2 Å². The molecule has 1 unspecified atom stereocenters. The summed E-state index contributed by atoms with van der Waals surface area (Å²) in [5, 5.41) is 10.2.